The number of benzene rings is 1. The highest BCUT2D eigenvalue weighted by Crippen LogP contribution is 2.38. The van der Waals surface area contributed by atoms with Crippen LogP contribution in [0.3, 0.4) is 0 Å². The van der Waals surface area contributed by atoms with Crippen molar-refractivity contribution in [3.8, 4) is 22.8 Å². The number of aromatic nitrogens is 2. The zero-order chi connectivity index (χ0) is 17.5. The van der Waals surface area contributed by atoms with Gasteiger partial charge in [0.1, 0.15) is 23.1 Å². The standard InChI is InChI=1S/C18H22N4O3/c1-23-15-6-2-7-16(25-10-4-8-19)18(15)14-11-17(22-21-14)20-12-13-5-3-9-24-13/h2-3,5-7,9,11H,4,8,10,12,19H2,1H3,(H2,20,21,22). The summed E-state index contributed by atoms with van der Waals surface area (Å²) in [6.07, 6.45) is 2.43. The molecule has 3 rings (SSSR count). The van der Waals surface area contributed by atoms with Crippen LogP contribution in [0.2, 0.25) is 0 Å². The predicted octanol–water partition coefficient (Wildman–Crippen LogP) is 3.02. The summed E-state index contributed by atoms with van der Waals surface area (Å²) < 4.78 is 16.7. The third kappa shape index (κ3) is 4.13. The van der Waals surface area contributed by atoms with Gasteiger partial charge in [-0.25, -0.2) is 0 Å². The number of anilines is 1. The lowest BCUT2D eigenvalue weighted by atomic mass is 10.1. The van der Waals surface area contributed by atoms with Crippen LogP contribution in [0.15, 0.2) is 47.1 Å². The Balaban J connectivity index is 1.80. The maximum Gasteiger partial charge on any atom is 0.148 e. The summed E-state index contributed by atoms with van der Waals surface area (Å²) >= 11 is 0. The number of nitrogens with zero attached hydrogens (tertiary/aromatic N) is 1. The van der Waals surface area contributed by atoms with Crippen molar-refractivity contribution in [2.24, 2.45) is 5.73 Å². The second kappa shape index (κ2) is 8.25. The Morgan fingerprint density at radius 2 is 2.12 bits per heavy atom. The molecule has 0 aliphatic heterocycles. The lowest BCUT2D eigenvalue weighted by Crippen LogP contribution is -2.07. The minimum absolute atomic E-state index is 0.550. The SMILES string of the molecule is COc1cccc(OCCCN)c1-c1cc(NCc2ccco2)n[nH]1. The molecular weight excluding hydrogens is 320 g/mol. The number of hydrogen-bond donors (Lipinski definition) is 3. The number of nitrogens with two attached hydrogens (primary N) is 1. The molecular formula is C18H22N4O3. The van der Waals surface area contributed by atoms with E-state index < -0.39 is 0 Å². The zero-order valence-corrected chi connectivity index (χ0v) is 14.1. The fourth-order valence-electron chi connectivity index (χ4n) is 2.46. The van der Waals surface area contributed by atoms with Crippen molar-refractivity contribution in [3.05, 3.63) is 48.4 Å². The van der Waals surface area contributed by atoms with Crippen LogP contribution in [0, 0.1) is 0 Å². The maximum atomic E-state index is 5.86. The molecule has 7 nitrogen and oxygen atoms in total. The van der Waals surface area contributed by atoms with E-state index in [-0.39, 0.29) is 0 Å². The number of aromatic amines is 1. The Kier molecular flexibility index (Phi) is 5.58. The summed E-state index contributed by atoms with van der Waals surface area (Å²) in [5.41, 5.74) is 7.18. The monoisotopic (exact) mass is 342 g/mol. The molecule has 1 aromatic carbocycles. The second-order valence-corrected chi connectivity index (χ2v) is 5.42. The summed E-state index contributed by atoms with van der Waals surface area (Å²) in [5.74, 6) is 3.00. The van der Waals surface area contributed by atoms with Gasteiger partial charge in [0, 0.05) is 6.07 Å². The van der Waals surface area contributed by atoms with E-state index in [4.69, 9.17) is 19.6 Å². The van der Waals surface area contributed by atoms with Crippen molar-refractivity contribution in [1.29, 1.82) is 0 Å². The lowest BCUT2D eigenvalue weighted by molar-refractivity contribution is 0.312. The highest BCUT2D eigenvalue weighted by atomic mass is 16.5. The maximum absolute atomic E-state index is 5.86. The highest BCUT2D eigenvalue weighted by molar-refractivity contribution is 5.75. The molecule has 25 heavy (non-hydrogen) atoms. The summed E-state index contributed by atoms with van der Waals surface area (Å²) in [5, 5.41) is 10.5. The topological polar surface area (TPSA) is 98.3 Å². The van der Waals surface area contributed by atoms with Crippen molar-refractivity contribution in [1.82, 2.24) is 10.2 Å². The van der Waals surface area contributed by atoms with Crippen molar-refractivity contribution in [2.75, 3.05) is 25.6 Å². The molecule has 3 aromatic rings. The third-order valence-corrected chi connectivity index (χ3v) is 3.68. The van der Waals surface area contributed by atoms with E-state index in [9.17, 15) is 0 Å². The minimum Gasteiger partial charge on any atom is -0.496 e. The molecule has 4 N–H and O–H groups in total. The van der Waals surface area contributed by atoms with Crippen LogP contribution in [-0.4, -0.2) is 30.5 Å². The molecule has 2 aromatic heterocycles. The molecule has 0 saturated carbocycles. The molecule has 0 spiro atoms. The number of hydrogen-bond acceptors (Lipinski definition) is 6. The first-order chi connectivity index (χ1) is 12.3. The second-order valence-electron chi connectivity index (χ2n) is 5.42. The molecule has 0 aliphatic rings. The van der Waals surface area contributed by atoms with Gasteiger partial charge >= 0.3 is 0 Å². The highest BCUT2D eigenvalue weighted by Gasteiger charge is 2.15. The Morgan fingerprint density at radius 1 is 1.24 bits per heavy atom. The Labute approximate surface area is 146 Å². The van der Waals surface area contributed by atoms with Gasteiger partial charge in [-0.3, -0.25) is 5.10 Å². The van der Waals surface area contributed by atoms with Crippen LogP contribution >= 0.6 is 0 Å². The first-order valence-electron chi connectivity index (χ1n) is 8.13. The van der Waals surface area contributed by atoms with E-state index >= 15 is 0 Å². The number of rotatable bonds is 9. The third-order valence-electron chi connectivity index (χ3n) is 3.68. The molecule has 132 valence electrons. The predicted molar refractivity (Wildman–Crippen MR) is 95.8 cm³/mol. The molecule has 7 heteroatoms. The molecule has 0 fully saturated rings. The van der Waals surface area contributed by atoms with E-state index in [1.54, 1.807) is 13.4 Å². The Morgan fingerprint density at radius 3 is 2.88 bits per heavy atom. The van der Waals surface area contributed by atoms with E-state index in [0.717, 1.165) is 29.2 Å². The average Bonchev–Trinajstić information content (AvgIpc) is 3.31. The normalized spacial score (nSPS) is 10.6. The van der Waals surface area contributed by atoms with Crippen molar-refractivity contribution in [2.45, 2.75) is 13.0 Å². The van der Waals surface area contributed by atoms with Crippen LogP contribution in [0.5, 0.6) is 11.5 Å². The lowest BCUT2D eigenvalue weighted by Gasteiger charge is -2.13. The van der Waals surface area contributed by atoms with Gasteiger partial charge in [0.25, 0.3) is 0 Å². The van der Waals surface area contributed by atoms with Gasteiger partial charge in [-0.15, -0.1) is 0 Å². The molecule has 0 amide bonds. The Bertz CT molecular complexity index is 783. The zero-order valence-electron chi connectivity index (χ0n) is 14.1. The van der Waals surface area contributed by atoms with Gasteiger partial charge < -0.3 is 24.9 Å². The smallest absolute Gasteiger partial charge is 0.148 e. The van der Waals surface area contributed by atoms with Crippen LogP contribution in [0.25, 0.3) is 11.3 Å². The van der Waals surface area contributed by atoms with E-state index in [0.29, 0.717) is 31.3 Å². The van der Waals surface area contributed by atoms with Gasteiger partial charge in [0.15, 0.2) is 0 Å². The molecule has 0 saturated heterocycles. The first-order valence-corrected chi connectivity index (χ1v) is 8.13. The fraction of sp³-hybridized carbons (Fsp3) is 0.278. The summed E-state index contributed by atoms with van der Waals surface area (Å²) in [6, 6.07) is 11.4. The quantitative estimate of drug-likeness (QED) is 0.517. The first kappa shape index (κ1) is 16.9. The largest absolute Gasteiger partial charge is 0.496 e. The summed E-state index contributed by atoms with van der Waals surface area (Å²) in [4.78, 5) is 0. The molecule has 0 unspecified atom stereocenters. The Hall–Kier alpha value is -2.93. The van der Waals surface area contributed by atoms with Crippen LogP contribution in [0.1, 0.15) is 12.2 Å². The van der Waals surface area contributed by atoms with E-state index in [2.05, 4.69) is 15.5 Å². The van der Waals surface area contributed by atoms with Gasteiger partial charge in [0.05, 0.1) is 37.8 Å². The number of nitrogens with one attached hydrogen (secondary N) is 2. The van der Waals surface area contributed by atoms with Crippen molar-refractivity contribution >= 4 is 5.82 Å². The molecule has 2 heterocycles. The van der Waals surface area contributed by atoms with Gasteiger partial charge in [-0.2, -0.15) is 5.10 Å². The van der Waals surface area contributed by atoms with Crippen LogP contribution < -0.4 is 20.5 Å². The average molecular weight is 342 g/mol. The van der Waals surface area contributed by atoms with E-state index in [1.807, 2.05) is 36.4 Å². The van der Waals surface area contributed by atoms with Crippen LogP contribution in [-0.2, 0) is 6.54 Å². The van der Waals surface area contributed by atoms with E-state index in [1.165, 1.54) is 0 Å². The van der Waals surface area contributed by atoms with Crippen molar-refractivity contribution < 1.29 is 13.9 Å². The van der Waals surface area contributed by atoms with Gasteiger partial charge in [-0.05, 0) is 37.2 Å². The summed E-state index contributed by atoms with van der Waals surface area (Å²) in [6.45, 7) is 1.70. The molecule has 0 radical (unpaired) electrons. The number of H-pyrrole nitrogens is 1. The number of methoxy groups -OCH3 is 1. The van der Waals surface area contributed by atoms with Crippen molar-refractivity contribution in [3.63, 3.8) is 0 Å². The molecule has 0 bridgehead atoms. The van der Waals surface area contributed by atoms with Crippen LogP contribution in [0.4, 0.5) is 5.82 Å². The van der Waals surface area contributed by atoms with Gasteiger partial charge in [-0.1, -0.05) is 6.07 Å². The number of furan rings is 1. The summed E-state index contributed by atoms with van der Waals surface area (Å²) in [7, 11) is 1.63. The van der Waals surface area contributed by atoms with Gasteiger partial charge in [0.2, 0.25) is 0 Å². The number of ether oxygens (including phenoxy) is 2. The minimum atomic E-state index is 0.550. The molecule has 0 atom stereocenters. The fourth-order valence-corrected chi connectivity index (χ4v) is 2.46. The molecule has 0 aliphatic carbocycles.